The Morgan fingerprint density at radius 2 is 1.70 bits per heavy atom. The Hall–Kier alpha value is -2.54. The van der Waals surface area contributed by atoms with Crippen molar-refractivity contribution in [2.45, 2.75) is 6.54 Å². The maximum absolute atomic E-state index is 12.9. The first-order valence-electron chi connectivity index (χ1n) is 9.01. The molecule has 1 aliphatic rings. The van der Waals surface area contributed by atoms with Crippen LogP contribution in [-0.2, 0) is 11.3 Å². The highest BCUT2D eigenvalue weighted by Crippen LogP contribution is 2.30. The molecule has 4 rings (SSSR count). The molecule has 0 spiro atoms. The second-order valence-electron chi connectivity index (χ2n) is 6.36. The molecule has 0 atom stereocenters. The van der Waals surface area contributed by atoms with Crippen molar-refractivity contribution >= 4 is 22.9 Å². The first kappa shape index (κ1) is 17.9. The van der Waals surface area contributed by atoms with E-state index in [-0.39, 0.29) is 5.91 Å². The Balaban J connectivity index is 1.62. The van der Waals surface area contributed by atoms with Gasteiger partial charge in [-0.1, -0.05) is 48.5 Å². The number of anilines is 1. The number of benzene rings is 2. The molecule has 27 heavy (non-hydrogen) atoms. The van der Waals surface area contributed by atoms with E-state index in [0.29, 0.717) is 4.88 Å². The van der Waals surface area contributed by atoms with Gasteiger partial charge in [-0.3, -0.25) is 9.69 Å². The van der Waals surface area contributed by atoms with Gasteiger partial charge in [-0.2, -0.15) is 0 Å². The number of carbonyl (C=O) groups excluding carboxylic acids is 1. The summed E-state index contributed by atoms with van der Waals surface area (Å²) in [5, 5.41) is 3.94. The number of hydrogen-bond donors (Lipinski definition) is 1. The van der Waals surface area contributed by atoms with Crippen LogP contribution in [0.5, 0.6) is 0 Å². The number of ether oxygens (including phenoxy) is 1. The van der Waals surface area contributed by atoms with Gasteiger partial charge in [-0.25, -0.2) is 4.98 Å². The van der Waals surface area contributed by atoms with E-state index in [4.69, 9.17) is 9.72 Å². The summed E-state index contributed by atoms with van der Waals surface area (Å²) in [7, 11) is 0. The van der Waals surface area contributed by atoms with Gasteiger partial charge in [-0.15, -0.1) is 11.3 Å². The lowest BCUT2D eigenvalue weighted by molar-refractivity contribution is 0.0342. The van der Waals surface area contributed by atoms with E-state index in [1.807, 2.05) is 60.7 Å². The van der Waals surface area contributed by atoms with Crippen molar-refractivity contribution in [2.75, 3.05) is 31.6 Å². The molecule has 6 heteroatoms. The topological polar surface area (TPSA) is 54.5 Å². The Bertz CT molecular complexity index is 890. The quantitative estimate of drug-likeness (QED) is 0.731. The summed E-state index contributed by atoms with van der Waals surface area (Å²) in [4.78, 5) is 20.7. The number of morpholine rings is 1. The lowest BCUT2D eigenvalue weighted by Crippen LogP contribution is -2.35. The third-order valence-corrected chi connectivity index (χ3v) is 5.46. The van der Waals surface area contributed by atoms with Gasteiger partial charge in [0.1, 0.15) is 9.88 Å². The van der Waals surface area contributed by atoms with Crippen LogP contribution < -0.4 is 5.32 Å². The molecule has 3 aromatic rings. The van der Waals surface area contributed by atoms with Gasteiger partial charge in [0.2, 0.25) is 0 Å². The molecule has 138 valence electrons. The Morgan fingerprint density at radius 1 is 1.04 bits per heavy atom. The van der Waals surface area contributed by atoms with Crippen LogP contribution >= 0.6 is 11.3 Å². The minimum absolute atomic E-state index is 0.120. The zero-order valence-corrected chi connectivity index (χ0v) is 15.7. The van der Waals surface area contributed by atoms with E-state index < -0.39 is 0 Å². The van der Waals surface area contributed by atoms with Gasteiger partial charge in [0, 0.05) is 24.3 Å². The Kier molecular flexibility index (Phi) is 5.58. The maximum Gasteiger partial charge on any atom is 0.268 e. The number of rotatable bonds is 5. The van der Waals surface area contributed by atoms with Gasteiger partial charge in [0.15, 0.2) is 0 Å². The molecule has 1 amide bonds. The molecule has 0 radical (unpaired) electrons. The fourth-order valence-corrected chi connectivity index (χ4v) is 4.06. The van der Waals surface area contributed by atoms with Gasteiger partial charge in [-0.05, 0) is 12.1 Å². The second-order valence-corrected chi connectivity index (χ2v) is 7.44. The lowest BCUT2D eigenvalue weighted by atomic mass is 10.1. The predicted octanol–water partition coefficient (Wildman–Crippen LogP) is 3.89. The fourth-order valence-electron chi connectivity index (χ4n) is 3.04. The maximum atomic E-state index is 12.9. The van der Waals surface area contributed by atoms with Gasteiger partial charge >= 0.3 is 0 Å². The van der Waals surface area contributed by atoms with Crippen molar-refractivity contribution in [3.05, 3.63) is 70.5 Å². The summed E-state index contributed by atoms with van der Waals surface area (Å²) in [5.74, 6) is -0.120. The third kappa shape index (κ3) is 4.42. The summed E-state index contributed by atoms with van der Waals surface area (Å²) < 4.78 is 5.42. The zero-order chi connectivity index (χ0) is 18.5. The number of hydrogen-bond acceptors (Lipinski definition) is 5. The predicted molar refractivity (Wildman–Crippen MR) is 108 cm³/mol. The normalized spacial score (nSPS) is 14.8. The molecule has 5 nitrogen and oxygen atoms in total. The van der Waals surface area contributed by atoms with E-state index in [1.54, 1.807) is 0 Å². The van der Waals surface area contributed by atoms with E-state index in [1.165, 1.54) is 11.3 Å². The van der Waals surface area contributed by atoms with E-state index in [9.17, 15) is 4.79 Å². The number of nitrogens with zero attached hydrogens (tertiary/aromatic N) is 2. The Morgan fingerprint density at radius 3 is 2.41 bits per heavy atom. The largest absolute Gasteiger partial charge is 0.379 e. The van der Waals surface area contributed by atoms with Crippen molar-refractivity contribution in [1.29, 1.82) is 0 Å². The molecule has 1 fully saturated rings. The molecule has 2 aromatic carbocycles. The average Bonchev–Trinajstić information content (AvgIpc) is 3.14. The monoisotopic (exact) mass is 379 g/mol. The van der Waals surface area contributed by atoms with Crippen LogP contribution in [0.4, 0.5) is 5.69 Å². The van der Waals surface area contributed by atoms with Crippen LogP contribution in [0.15, 0.2) is 60.7 Å². The van der Waals surface area contributed by atoms with Crippen molar-refractivity contribution in [1.82, 2.24) is 9.88 Å². The number of carbonyl (C=O) groups is 1. The fraction of sp³-hybridized carbons (Fsp3) is 0.238. The van der Waals surface area contributed by atoms with Gasteiger partial charge in [0.25, 0.3) is 5.91 Å². The van der Waals surface area contributed by atoms with Gasteiger partial charge < -0.3 is 10.1 Å². The van der Waals surface area contributed by atoms with Crippen LogP contribution in [0.3, 0.4) is 0 Å². The second kappa shape index (κ2) is 8.43. The molecule has 0 aliphatic carbocycles. The molecule has 0 unspecified atom stereocenters. The van der Waals surface area contributed by atoms with Crippen molar-refractivity contribution in [3.63, 3.8) is 0 Å². The third-order valence-electron chi connectivity index (χ3n) is 4.42. The minimum atomic E-state index is -0.120. The number of aromatic nitrogens is 1. The lowest BCUT2D eigenvalue weighted by Gasteiger charge is -2.25. The molecule has 1 aromatic heterocycles. The molecule has 2 heterocycles. The van der Waals surface area contributed by atoms with Crippen molar-refractivity contribution in [2.24, 2.45) is 0 Å². The van der Waals surface area contributed by atoms with Crippen LogP contribution in [0.2, 0.25) is 0 Å². The zero-order valence-electron chi connectivity index (χ0n) is 14.9. The first-order chi connectivity index (χ1) is 13.3. The highest BCUT2D eigenvalue weighted by atomic mass is 32.1. The highest BCUT2D eigenvalue weighted by molar-refractivity contribution is 7.14. The van der Waals surface area contributed by atoms with Crippen molar-refractivity contribution in [3.8, 4) is 11.3 Å². The first-order valence-corrected chi connectivity index (χ1v) is 9.83. The standard InChI is InChI=1S/C21H21N3O2S/c25-21(22-17-9-5-2-6-10-17)20-19(16-7-3-1-4-8-16)23-18(27-20)15-24-11-13-26-14-12-24/h1-10H,11-15H2,(H,22,25). The summed E-state index contributed by atoms with van der Waals surface area (Å²) in [6.07, 6.45) is 0. The highest BCUT2D eigenvalue weighted by Gasteiger charge is 2.21. The Labute approximate surface area is 162 Å². The van der Waals surface area contributed by atoms with Crippen LogP contribution in [0.25, 0.3) is 11.3 Å². The van der Waals surface area contributed by atoms with E-state index in [2.05, 4.69) is 10.2 Å². The minimum Gasteiger partial charge on any atom is -0.379 e. The summed E-state index contributed by atoms with van der Waals surface area (Å²) in [5.41, 5.74) is 2.49. The van der Waals surface area contributed by atoms with E-state index >= 15 is 0 Å². The van der Waals surface area contributed by atoms with E-state index in [0.717, 1.165) is 54.8 Å². The smallest absolute Gasteiger partial charge is 0.268 e. The van der Waals surface area contributed by atoms with Crippen LogP contribution in [0, 0.1) is 0 Å². The number of nitrogens with one attached hydrogen (secondary N) is 1. The van der Waals surface area contributed by atoms with Crippen LogP contribution in [0.1, 0.15) is 14.7 Å². The number of para-hydroxylation sites is 1. The summed E-state index contributed by atoms with van der Waals surface area (Å²) in [6.45, 7) is 4.03. The number of amides is 1. The summed E-state index contributed by atoms with van der Waals surface area (Å²) in [6, 6.07) is 19.4. The molecule has 0 bridgehead atoms. The van der Waals surface area contributed by atoms with Gasteiger partial charge in [0.05, 0.1) is 25.5 Å². The SMILES string of the molecule is O=C(Nc1ccccc1)c1sc(CN2CCOCC2)nc1-c1ccccc1. The molecule has 0 saturated carbocycles. The average molecular weight is 379 g/mol. The summed E-state index contributed by atoms with van der Waals surface area (Å²) >= 11 is 1.47. The van der Waals surface area contributed by atoms with Crippen LogP contribution in [-0.4, -0.2) is 42.1 Å². The molecule has 1 aliphatic heterocycles. The molecular weight excluding hydrogens is 358 g/mol. The molecule has 1 N–H and O–H groups in total. The number of thiazole rings is 1. The molecule has 1 saturated heterocycles. The molecular formula is C21H21N3O2S. The van der Waals surface area contributed by atoms with Crippen molar-refractivity contribution < 1.29 is 9.53 Å².